The molecule has 2 aromatic carbocycles. The van der Waals surface area contributed by atoms with Crippen molar-refractivity contribution in [2.45, 2.75) is 12.8 Å². The van der Waals surface area contributed by atoms with Crippen molar-refractivity contribution in [3.05, 3.63) is 66.6 Å². The summed E-state index contributed by atoms with van der Waals surface area (Å²) >= 11 is 0. The summed E-state index contributed by atoms with van der Waals surface area (Å²) in [6.45, 7) is 0. The van der Waals surface area contributed by atoms with Crippen LogP contribution in [0.25, 0.3) is 0 Å². The topological polar surface area (TPSA) is 96.3 Å². The minimum absolute atomic E-state index is 0.0391. The van der Waals surface area contributed by atoms with Crippen molar-refractivity contribution in [1.82, 2.24) is 4.98 Å². The van der Waals surface area contributed by atoms with Crippen LogP contribution in [-0.4, -0.2) is 16.8 Å². The number of nitrogens with zero attached hydrogens (tertiary/aromatic N) is 1. The first-order chi connectivity index (χ1) is 13.2. The lowest BCUT2D eigenvalue weighted by Gasteiger charge is -2.08. The summed E-state index contributed by atoms with van der Waals surface area (Å²) in [5.41, 5.74) is 2.63. The maximum Gasteiger partial charge on any atom is 0.302 e. The fraction of sp³-hybridized carbons (Fsp3) is 0.150. The molecule has 0 aliphatic heterocycles. The van der Waals surface area contributed by atoms with Gasteiger partial charge in [0.25, 0.3) is 5.91 Å². The number of carbonyl (C=O) groups is 2. The normalized spacial score (nSPS) is 13.0. The summed E-state index contributed by atoms with van der Waals surface area (Å²) in [6.07, 6.45) is 2.99. The maximum atomic E-state index is 12.3. The molecule has 1 aliphatic carbocycles. The number of hydrogen-bond donors (Lipinski definition) is 3. The molecule has 1 fully saturated rings. The Morgan fingerprint density at radius 1 is 0.889 bits per heavy atom. The smallest absolute Gasteiger partial charge is 0.302 e. The van der Waals surface area contributed by atoms with Gasteiger partial charge in [-0.15, -0.1) is 0 Å². The molecular formula is C20H18N4O3. The summed E-state index contributed by atoms with van der Waals surface area (Å²) in [6, 6.07) is 17.2. The fourth-order valence-electron chi connectivity index (χ4n) is 2.51. The molecule has 0 spiro atoms. The number of carbonyl (C=O) groups excluding carboxylic acids is 2. The molecule has 2 amide bonds. The zero-order chi connectivity index (χ0) is 18.6. The van der Waals surface area contributed by atoms with Gasteiger partial charge in [0.2, 0.25) is 5.91 Å². The molecule has 1 saturated carbocycles. The predicted molar refractivity (Wildman–Crippen MR) is 102 cm³/mol. The second-order valence-electron chi connectivity index (χ2n) is 6.32. The zero-order valence-electron chi connectivity index (χ0n) is 14.4. The fourth-order valence-corrected chi connectivity index (χ4v) is 2.51. The Balaban J connectivity index is 1.35. The first-order valence-electron chi connectivity index (χ1n) is 8.67. The van der Waals surface area contributed by atoms with E-state index in [2.05, 4.69) is 20.9 Å². The van der Waals surface area contributed by atoms with Crippen LogP contribution in [0.15, 0.2) is 65.3 Å². The summed E-state index contributed by atoms with van der Waals surface area (Å²) < 4.78 is 5.14. The molecule has 7 nitrogen and oxygen atoms in total. The van der Waals surface area contributed by atoms with E-state index < -0.39 is 5.91 Å². The molecule has 3 aromatic rings. The Morgan fingerprint density at radius 2 is 1.56 bits per heavy atom. The third kappa shape index (κ3) is 4.33. The summed E-state index contributed by atoms with van der Waals surface area (Å²) in [5, 5.41) is 8.59. The van der Waals surface area contributed by atoms with E-state index in [1.165, 1.54) is 6.26 Å². The lowest BCUT2D eigenvalue weighted by atomic mass is 10.2. The lowest BCUT2D eigenvalue weighted by molar-refractivity contribution is -0.117. The van der Waals surface area contributed by atoms with Crippen LogP contribution < -0.4 is 16.0 Å². The molecule has 7 heteroatoms. The van der Waals surface area contributed by atoms with Gasteiger partial charge >= 0.3 is 6.01 Å². The van der Waals surface area contributed by atoms with Gasteiger partial charge in [0, 0.05) is 23.0 Å². The van der Waals surface area contributed by atoms with E-state index in [1.807, 2.05) is 42.5 Å². The van der Waals surface area contributed by atoms with Crippen molar-refractivity contribution in [1.29, 1.82) is 0 Å². The van der Waals surface area contributed by atoms with Gasteiger partial charge in [-0.25, -0.2) is 0 Å². The van der Waals surface area contributed by atoms with E-state index >= 15 is 0 Å². The van der Waals surface area contributed by atoms with Crippen LogP contribution in [0.3, 0.4) is 0 Å². The number of para-hydroxylation sites is 1. The monoisotopic (exact) mass is 362 g/mol. The number of anilines is 4. The van der Waals surface area contributed by atoms with Gasteiger partial charge in [-0.3, -0.25) is 14.9 Å². The summed E-state index contributed by atoms with van der Waals surface area (Å²) in [7, 11) is 0. The van der Waals surface area contributed by atoms with E-state index in [-0.39, 0.29) is 23.5 Å². The summed E-state index contributed by atoms with van der Waals surface area (Å²) in [4.78, 5) is 28.0. The summed E-state index contributed by atoms with van der Waals surface area (Å²) in [5.74, 6) is -0.489. The Kier molecular flexibility index (Phi) is 4.57. The predicted octanol–water partition coefficient (Wildman–Crippen LogP) is 4.02. The Labute approximate surface area is 155 Å². The number of benzene rings is 2. The molecule has 1 heterocycles. The van der Waals surface area contributed by atoms with Crippen LogP contribution in [0, 0.1) is 5.92 Å². The van der Waals surface area contributed by atoms with Gasteiger partial charge in [-0.2, -0.15) is 4.98 Å². The highest BCUT2D eigenvalue weighted by molar-refractivity contribution is 6.03. The van der Waals surface area contributed by atoms with Crippen LogP contribution >= 0.6 is 0 Å². The number of aromatic nitrogens is 1. The van der Waals surface area contributed by atoms with Gasteiger partial charge in [0.05, 0.1) is 0 Å². The second-order valence-corrected chi connectivity index (χ2v) is 6.32. The van der Waals surface area contributed by atoms with Crippen LogP contribution in [-0.2, 0) is 4.79 Å². The SMILES string of the molecule is O=C(Nc1ccc(Nc2ccccc2)cc1)c1coc(NC(=O)C2CC2)n1. The molecule has 1 aliphatic rings. The minimum Gasteiger partial charge on any atom is -0.431 e. The molecular weight excluding hydrogens is 344 g/mol. The second kappa shape index (κ2) is 7.33. The molecule has 1 aromatic heterocycles. The highest BCUT2D eigenvalue weighted by atomic mass is 16.4. The zero-order valence-corrected chi connectivity index (χ0v) is 14.4. The van der Waals surface area contributed by atoms with Crippen molar-refractivity contribution in [3.63, 3.8) is 0 Å². The lowest BCUT2D eigenvalue weighted by Crippen LogP contribution is -2.15. The van der Waals surface area contributed by atoms with E-state index in [0.29, 0.717) is 5.69 Å². The van der Waals surface area contributed by atoms with E-state index in [4.69, 9.17) is 4.42 Å². The molecule has 3 N–H and O–H groups in total. The van der Waals surface area contributed by atoms with Gasteiger partial charge in [0.15, 0.2) is 5.69 Å². The first-order valence-corrected chi connectivity index (χ1v) is 8.67. The van der Waals surface area contributed by atoms with E-state index in [9.17, 15) is 9.59 Å². The standard InChI is InChI=1S/C20H18N4O3/c25-18(13-6-7-13)24-20-23-17(12-27-20)19(26)22-16-10-8-15(9-11-16)21-14-4-2-1-3-5-14/h1-5,8-13,21H,6-7H2,(H,22,26)(H,23,24,25). The molecule has 27 heavy (non-hydrogen) atoms. The quantitative estimate of drug-likeness (QED) is 0.615. The van der Waals surface area contributed by atoms with E-state index in [0.717, 1.165) is 24.2 Å². The molecule has 0 unspecified atom stereocenters. The first kappa shape index (κ1) is 16.8. The molecule has 0 bridgehead atoms. The van der Waals surface area contributed by atoms with Crippen LogP contribution in [0.4, 0.5) is 23.1 Å². The van der Waals surface area contributed by atoms with Gasteiger partial charge < -0.3 is 15.1 Å². The Hall–Kier alpha value is -3.61. The number of oxazole rings is 1. The average Bonchev–Trinajstić information content (AvgIpc) is 3.44. The Morgan fingerprint density at radius 3 is 2.26 bits per heavy atom. The molecule has 0 atom stereocenters. The van der Waals surface area contributed by atoms with E-state index in [1.54, 1.807) is 12.1 Å². The third-order valence-corrected chi connectivity index (χ3v) is 4.12. The molecule has 0 saturated heterocycles. The average molecular weight is 362 g/mol. The van der Waals surface area contributed by atoms with Crippen LogP contribution in [0.5, 0.6) is 0 Å². The number of hydrogen-bond acceptors (Lipinski definition) is 5. The van der Waals surface area contributed by atoms with Crippen molar-refractivity contribution < 1.29 is 14.0 Å². The van der Waals surface area contributed by atoms with Gasteiger partial charge in [0.1, 0.15) is 6.26 Å². The Bertz CT molecular complexity index is 947. The molecule has 4 rings (SSSR count). The third-order valence-electron chi connectivity index (χ3n) is 4.12. The number of amides is 2. The maximum absolute atomic E-state index is 12.3. The number of nitrogens with one attached hydrogen (secondary N) is 3. The number of rotatable bonds is 6. The molecule has 0 radical (unpaired) electrons. The van der Waals surface area contributed by atoms with Gasteiger partial charge in [-0.05, 0) is 49.2 Å². The largest absolute Gasteiger partial charge is 0.431 e. The highest BCUT2D eigenvalue weighted by Crippen LogP contribution is 2.30. The van der Waals surface area contributed by atoms with Crippen molar-refractivity contribution >= 4 is 34.9 Å². The van der Waals surface area contributed by atoms with Gasteiger partial charge in [-0.1, -0.05) is 18.2 Å². The molecule has 136 valence electrons. The minimum atomic E-state index is -0.408. The van der Waals surface area contributed by atoms with Crippen LogP contribution in [0.1, 0.15) is 23.3 Å². The highest BCUT2D eigenvalue weighted by Gasteiger charge is 2.30. The van der Waals surface area contributed by atoms with Crippen molar-refractivity contribution in [3.8, 4) is 0 Å². The van der Waals surface area contributed by atoms with Crippen molar-refractivity contribution in [2.75, 3.05) is 16.0 Å². The van der Waals surface area contributed by atoms with Crippen molar-refractivity contribution in [2.24, 2.45) is 5.92 Å². The van der Waals surface area contributed by atoms with Crippen LogP contribution in [0.2, 0.25) is 0 Å².